The van der Waals surface area contributed by atoms with Gasteiger partial charge >= 0.3 is 6.09 Å². The molecule has 0 aliphatic carbocycles. The lowest BCUT2D eigenvalue weighted by Crippen LogP contribution is -2.46. The number of likely N-dealkylation sites (tertiary alicyclic amines) is 1. The number of nitrogens with zero attached hydrogens (tertiary/aromatic N) is 2. The Bertz CT molecular complexity index is 960. The van der Waals surface area contributed by atoms with Gasteiger partial charge in [-0.25, -0.2) is 4.79 Å². The number of hydrogen-bond donors (Lipinski definition) is 2. The molecule has 2 atom stereocenters. The number of nitrogens with one attached hydrogen (secondary N) is 2. The van der Waals surface area contributed by atoms with Gasteiger partial charge in [0, 0.05) is 25.2 Å². The highest BCUT2D eigenvalue weighted by Crippen LogP contribution is 2.31. The molecule has 0 saturated carbocycles. The monoisotopic (exact) mass is 450 g/mol. The van der Waals surface area contributed by atoms with Gasteiger partial charge in [-0.3, -0.25) is 9.69 Å². The van der Waals surface area contributed by atoms with Crippen molar-refractivity contribution in [3.8, 4) is 12.3 Å². The maximum atomic E-state index is 12.2. The standard InChI is InChI=1S/C22H27N3O3.C4H7N/c1-16(20-8-4-6-17-5-2-3-7-21(17)20)24-11-9-18(10-12-24)25-14-19(13-23-15-26)28-22(25)27;1-3-4-5-2/h2-8,15-16,18-19H,9-14H2,1H3,(H,23,26);1,5H,4H2,2H3. The number of carbonyl (C=O) groups is 2. The first-order chi connectivity index (χ1) is 16.1. The number of carbonyl (C=O) groups excluding carboxylic acids is 2. The maximum Gasteiger partial charge on any atom is 0.410 e. The first-order valence-corrected chi connectivity index (χ1v) is 11.5. The minimum Gasteiger partial charge on any atom is -0.442 e. The molecule has 7 nitrogen and oxygen atoms in total. The molecule has 2 unspecified atom stereocenters. The van der Waals surface area contributed by atoms with Crippen molar-refractivity contribution in [3.63, 3.8) is 0 Å². The summed E-state index contributed by atoms with van der Waals surface area (Å²) in [5.41, 5.74) is 1.36. The maximum absolute atomic E-state index is 12.2. The number of ether oxygens (including phenoxy) is 1. The molecule has 2 amide bonds. The summed E-state index contributed by atoms with van der Waals surface area (Å²) < 4.78 is 5.37. The minimum absolute atomic E-state index is 0.213. The topological polar surface area (TPSA) is 73.9 Å². The average molecular weight is 451 g/mol. The van der Waals surface area contributed by atoms with Gasteiger partial charge in [0.2, 0.25) is 6.41 Å². The summed E-state index contributed by atoms with van der Waals surface area (Å²) in [6.45, 7) is 5.78. The van der Waals surface area contributed by atoms with Crippen LogP contribution in [-0.4, -0.2) is 74.2 Å². The van der Waals surface area contributed by atoms with E-state index in [1.165, 1.54) is 16.3 Å². The quantitative estimate of drug-likeness (QED) is 0.501. The summed E-state index contributed by atoms with van der Waals surface area (Å²) in [5.74, 6) is 2.41. The van der Waals surface area contributed by atoms with Crippen LogP contribution in [0.15, 0.2) is 42.5 Å². The van der Waals surface area contributed by atoms with E-state index in [-0.39, 0.29) is 18.2 Å². The van der Waals surface area contributed by atoms with E-state index in [0.717, 1.165) is 25.9 Å². The largest absolute Gasteiger partial charge is 0.442 e. The number of hydrogen-bond acceptors (Lipinski definition) is 5. The second kappa shape index (κ2) is 12.2. The zero-order valence-electron chi connectivity index (χ0n) is 19.5. The number of terminal acetylenes is 1. The van der Waals surface area contributed by atoms with Gasteiger partial charge in [0.25, 0.3) is 0 Å². The van der Waals surface area contributed by atoms with E-state index in [9.17, 15) is 9.59 Å². The lowest BCUT2D eigenvalue weighted by molar-refractivity contribution is -0.109. The Balaban J connectivity index is 0.000000555. The van der Waals surface area contributed by atoms with Gasteiger partial charge in [-0.2, -0.15) is 0 Å². The van der Waals surface area contributed by atoms with Crippen LogP contribution in [0.3, 0.4) is 0 Å². The van der Waals surface area contributed by atoms with Crippen LogP contribution in [0.5, 0.6) is 0 Å². The van der Waals surface area contributed by atoms with Crippen LogP contribution in [0.1, 0.15) is 31.4 Å². The first-order valence-electron chi connectivity index (χ1n) is 11.5. The lowest BCUT2D eigenvalue weighted by atomic mass is 9.95. The molecule has 2 fully saturated rings. The number of fused-ring (bicyclic) bond motifs is 1. The van der Waals surface area contributed by atoms with Crippen LogP contribution in [0.25, 0.3) is 10.8 Å². The molecule has 0 radical (unpaired) electrons. The molecule has 7 heteroatoms. The number of amides is 2. The van der Waals surface area contributed by atoms with Gasteiger partial charge in [0.15, 0.2) is 0 Å². The van der Waals surface area contributed by atoms with E-state index in [4.69, 9.17) is 11.2 Å². The predicted molar refractivity (Wildman–Crippen MR) is 131 cm³/mol. The summed E-state index contributed by atoms with van der Waals surface area (Å²) in [6, 6.07) is 15.6. The van der Waals surface area contributed by atoms with Crippen LogP contribution in [-0.2, 0) is 9.53 Å². The molecule has 4 rings (SSSR count). The predicted octanol–water partition coefficient (Wildman–Crippen LogP) is 2.77. The molecule has 0 spiro atoms. The van der Waals surface area contributed by atoms with Gasteiger partial charge in [-0.1, -0.05) is 48.4 Å². The van der Waals surface area contributed by atoms with Crippen molar-refractivity contribution in [2.45, 2.75) is 38.0 Å². The van der Waals surface area contributed by atoms with Gasteiger partial charge < -0.3 is 20.3 Å². The van der Waals surface area contributed by atoms with Crippen molar-refractivity contribution in [1.29, 1.82) is 0 Å². The molecule has 2 N–H and O–H groups in total. The lowest BCUT2D eigenvalue weighted by Gasteiger charge is -2.39. The summed E-state index contributed by atoms with van der Waals surface area (Å²) in [4.78, 5) is 27.0. The number of piperidine rings is 1. The summed E-state index contributed by atoms with van der Waals surface area (Å²) in [7, 11) is 1.82. The second-order valence-corrected chi connectivity index (χ2v) is 8.43. The van der Waals surface area contributed by atoms with Crippen LogP contribution in [0.4, 0.5) is 4.79 Å². The van der Waals surface area contributed by atoms with Gasteiger partial charge in [-0.15, -0.1) is 6.42 Å². The van der Waals surface area contributed by atoms with Crippen molar-refractivity contribution in [3.05, 3.63) is 48.0 Å². The Morgan fingerprint density at radius 3 is 2.61 bits per heavy atom. The average Bonchev–Trinajstić information content (AvgIpc) is 3.23. The van der Waals surface area contributed by atoms with Crippen molar-refractivity contribution < 1.29 is 14.3 Å². The molecule has 2 aromatic carbocycles. The van der Waals surface area contributed by atoms with E-state index in [1.807, 2.05) is 11.9 Å². The zero-order valence-corrected chi connectivity index (χ0v) is 19.5. The molecular weight excluding hydrogens is 416 g/mol. The Labute approximate surface area is 196 Å². The molecular formula is C26H34N4O3. The highest BCUT2D eigenvalue weighted by molar-refractivity contribution is 5.86. The van der Waals surface area contributed by atoms with Gasteiger partial charge in [0.1, 0.15) is 6.10 Å². The minimum atomic E-state index is -0.252. The van der Waals surface area contributed by atoms with E-state index in [0.29, 0.717) is 32.1 Å². The van der Waals surface area contributed by atoms with Crippen LogP contribution < -0.4 is 10.6 Å². The van der Waals surface area contributed by atoms with Gasteiger partial charge in [-0.05, 0) is 43.1 Å². The smallest absolute Gasteiger partial charge is 0.410 e. The van der Waals surface area contributed by atoms with Crippen molar-refractivity contribution in [2.24, 2.45) is 0 Å². The Hall–Kier alpha value is -3.08. The fourth-order valence-corrected chi connectivity index (χ4v) is 4.62. The second-order valence-electron chi connectivity index (χ2n) is 8.43. The summed E-state index contributed by atoms with van der Waals surface area (Å²) >= 11 is 0. The number of rotatable bonds is 7. The fraction of sp³-hybridized carbons (Fsp3) is 0.462. The van der Waals surface area contributed by atoms with Crippen LogP contribution in [0, 0.1) is 12.3 Å². The summed E-state index contributed by atoms with van der Waals surface area (Å²) in [6.07, 6.45) is 6.86. The Kier molecular flexibility index (Phi) is 9.11. The normalized spacial score (nSPS) is 19.8. The number of benzene rings is 2. The van der Waals surface area contributed by atoms with Crippen molar-refractivity contribution in [1.82, 2.24) is 20.4 Å². The van der Waals surface area contributed by atoms with Crippen LogP contribution >= 0.6 is 0 Å². The summed E-state index contributed by atoms with van der Waals surface area (Å²) in [5, 5.41) is 7.97. The molecule has 2 aliphatic heterocycles. The SMILES string of the molecule is C#CCNC.CC(c1cccc2ccccc12)N1CCC(N2CC(CNC=O)OC2=O)CC1. The van der Waals surface area contributed by atoms with Crippen LogP contribution in [0.2, 0.25) is 0 Å². The van der Waals surface area contributed by atoms with Crippen molar-refractivity contribution >= 4 is 23.3 Å². The molecule has 0 aromatic heterocycles. The molecule has 2 aromatic rings. The Morgan fingerprint density at radius 2 is 1.94 bits per heavy atom. The third kappa shape index (κ3) is 6.25. The molecule has 176 valence electrons. The van der Waals surface area contributed by atoms with Gasteiger partial charge in [0.05, 0.1) is 19.6 Å². The third-order valence-electron chi connectivity index (χ3n) is 6.37. The molecule has 0 bridgehead atoms. The van der Waals surface area contributed by atoms with E-state index in [1.54, 1.807) is 0 Å². The van der Waals surface area contributed by atoms with Crippen molar-refractivity contribution in [2.75, 3.05) is 39.8 Å². The first kappa shape index (κ1) is 24.6. The highest BCUT2D eigenvalue weighted by Gasteiger charge is 2.37. The molecule has 2 heterocycles. The highest BCUT2D eigenvalue weighted by atomic mass is 16.6. The third-order valence-corrected chi connectivity index (χ3v) is 6.37. The molecule has 33 heavy (non-hydrogen) atoms. The Morgan fingerprint density at radius 1 is 1.21 bits per heavy atom. The zero-order chi connectivity index (χ0) is 23.6. The molecule has 2 saturated heterocycles. The fourth-order valence-electron chi connectivity index (χ4n) is 4.62. The number of cyclic esters (lactones) is 1. The molecule has 2 aliphatic rings. The van der Waals surface area contributed by atoms with E-state index < -0.39 is 0 Å². The van der Waals surface area contributed by atoms with E-state index in [2.05, 4.69) is 70.8 Å². The van der Waals surface area contributed by atoms with E-state index >= 15 is 0 Å².